The fourth-order valence-electron chi connectivity index (χ4n) is 1.84. The van der Waals surface area contributed by atoms with Crippen molar-refractivity contribution in [3.63, 3.8) is 0 Å². The first kappa shape index (κ1) is 14.4. The van der Waals surface area contributed by atoms with Crippen LogP contribution in [0.15, 0.2) is 48.5 Å². The molecule has 20 heavy (non-hydrogen) atoms. The summed E-state index contributed by atoms with van der Waals surface area (Å²) in [7, 11) is 0. The van der Waals surface area contributed by atoms with Crippen LogP contribution in [0.5, 0.6) is 0 Å². The van der Waals surface area contributed by atoms with Gasteiger partial charge in [-0.2, -0.15) is 0 Å². The molecule has 2 rings (SSSR count). The topological polar surface area (TPSA) is 29.1 Å². The van der Waals surface area contributed by atoms with Crippen molar-refractivity contribution in [2.45, 2.75) is 13.8 Å². The van der Waals surface area contributed by atoms with E-state index in [4.69, 9.17) is 11.6 Å². The van der Waals surface area contributed by atoms with Gasteiger partial charge in [0.25, 0.3) is 0 Å². The minimum absolute atomic E-state index is 0.168. The monoisotopic (exact) mass is 285 g/mol. The van der Waals surface area contributed by atoms with Crippen molar-refractivity contribution in [1.82, 2.24) is 0 Å². The van der Waals surface area contributed by atoms with Gasteiger partial charge in [-0.1, -0.05) is 41.9 Å². The predicted octanol–water partition coefficient (Wildman–Crippen LogP) is 4.61. The lowest BCUT2D eigenvalue weighted by molar-refractivity contribution is -0.111. The van der Waals surface area contributed by atoms with Crippen LogP contribution in [-0.2, 0) is 4.79 Å². The van der Waals surface area contributed by atoms with Crippen LogP contribution >= 0.6 is 11.6 Å². The quantitative estimate of drug-likeness (QED) is 0.820. The van der Waals surface area contributed by atoms with E-state index in [9.17, 15) is 4.79 Å². The first-order chi connectivity index (χ1) is 9.58. The van der Waals surface area contributed by atoms with Gasteiger partial charge in [0.1, 0.15) is 0 Å². The number of nitrogens with one attached hydrogen (secondary N) is 1. The second-order valence-electron chi connectivity index (χ2n) is 4.59. The zero-order valence-electron chi connectivity index (χ0n) is 11.5. The van der Waals surface area contributed by atoms with E-state index >= 15 is 0 Å². The molecule has 3 heteroatoms. The Morgan fingerprint density at radius 3 is 2.60 bits per heavy atom. The van der Waals surface area contributed by atoms with Crippen molar-refractivity contribution >= 4 is 29.3 Å². The van der Waals surface area contributed by atoms with E-state index in [0.29, 0.717) is 5.02 Å². The first-order valence-electron chi connectivity index (χ1n) is 6.38. The molecular formula is C17H16ClNO. The Morgan fingerprint density at radius 2 is 1.85 bits per heavy atom. The lowest BCUT2D eigenvalue weighted by Gasteiger charge is -2.08. The highest BCUT2D eigenvalue weighted by atomic mass is 35.5. The molecule has 1 amide bonds. The molecule has 102 valence electrons. The number of anilines is 1. The Labute approximate surface area is 124 Å². The summed E-state index contributed by atoms with van der Waals surface area (Å²) in [4.78, 5) is 11.9. The van der Waals surface area contributed by atoms with Gasteiger partial charge in [0, 0.05) is 16.8 Å². The molecule has 0 radical (unpaired) electrons. The van der Waals surface area contributed by atoms with Crippen molar-refractivity contribution in [2.24, 2.45) is 0 Å². The summed E-state index contributed by atoms with van der Waals surface area (Å²) in [5.74, 6) is -0.168. The first-order valence-corrected chi connectivity index (χ1v) is 6.75. The van der Waals surface area contributed by atoms with Crippen LogP contribution in [0.25, 0.3) is 6.08 Å². The fourth-order valence-corrected chi connectivity index (χ4v) is 2.04. The third-order valence-electron chi connectivity index (χ3n) is 3.18. The van der Waals surface area contributed by atoms with Crippen molar-refractivity contribution in [1.29, 1.82) is 0 Å². The second-order valence-corrected chi connectivity index (χ2v) is 5.00. The summed E-state index contributed by atoms with van der Waals surface area (Å²) in [6.45, 7) is 4.01. The molecule has 0 heterocycles. The lowest BCUT2D eigenvalue weighted by Crippen LogP contribution is -2.09. The van der Waals surface area contributed by atoms with Gasteiger partial charge in [0.05, 0.1) is 0 Å². The summed E-state index contributed by atoms with van der Waals surface area (Å²) in [5.41, 5.74) is 3.88. The Hall–Kier alpha value is -2.06. The van der Waals surface area contributed by atoms with Crippen LogP contribution in [-0.4, -0.2) is 5.91 Å². The largest absolute Gasteiger partial charge is 0.322 e. The van der Waals surface area contributed by atoms with Crippen molar-refractivity contribution in [3.8, 4) is 0 Å². The molecule has 1 N–H and O–H groups in total. The van der Waals surface area contributed by atoms with Gasteiger partial charge in [-0.25, -0.2) is 0 Å². The summed E-state index contributed by atoms with van der Waals surface area (Å²) in [6, 6.07) is 13.2. The van der Waals surface area contributed by atoms with Gasteiger partial charge in [-0.05, 0) is 48.7 Å². The van der Waals surface area contributed by atoms with Gasteiger partial charge in [-0.15, -0.1) is 0 Å². The van der Waals surface area contributed by atoms with Gasteiger partial charge in [0.15, 0.2) is 0 Å². The van der Waals surface area contributed by atoms with Crippen LogP contribution in [0.2, 0.25) is 5.02 Å². The van der Waals surface area contributed by atoms with Crippen molar-refractivity contribution in [3.05, 3.63) is 70.3 Å². The maximum Gasteiger partial charge on any atom is 0.248 e. The molecule has 0 unspecified atom stereocenters. The van der Waals surface area contributed by atoms with E-state index in [0.717, 1.165) is 22.4 Å². The average molecular weight is 286 g/mol. The third-order valence-corrected chi connectivity index (χ3v) is 3.53. The van der Waals surface area contributed by atoms with Gasteiger partial charge in [-0.3, -0.25) is 4.79 Å². The van der Waals surface area contributed by atoms with Gasteiger partial charge >= 0.3 is 0 Å². The number of halogens is 1. The van der Waals surface area contributed by atoms with E-state index in [1.807, 2.05) is 50.2 Å². The van der Waals surface area contributed by atoms with Crippen molar-refractivity contribution < 1.29 is 4.79 Å². The molecule has 0 atom stereocenters. The van der Waals surface area contributed by atoms with Crippen LogP contribution in [0, 0.1) is 13.8 Å². The molecule has 0 aliphatic carbocycles. The predicted molar refractivity (Wildman–Crippen MR) is 85.0 cm³/mol. The number of carbonyl (C=O) groups excluding carboxylic acids is 1. The SMILES string of the molecule is Cc1cccc(NC(=O)C=Cc2ccccc2Cl)c1C. The zero-order chi connectivity index (χ0) is 14.5. The fraction of sp³-hybridized carbons (Fsp3) is 0.118. The number of carbonyl (C=O) groups is 1. The number of hydrogen-bond donors (Lipinski definition) is 1. The minimum Gasteiger partial charge on any atom is -0.322 e. The van der Waals surface area contributed by atoms with Gasteiger partial charge < -0.3 is 5.32 Å². The normalized spacial score (nSPS) is 10.8. The highest BCUT2D eigenvalue weighted by Gasteiger charge is 2.03. The maximum atomic E-state index is 11.9. The second kappa shape index (κ2) is 6.40. The minimum atomic E-state index is -0.168. The number of rotatable bonds is 3. The molecule has 2 aromatic carbocycles. The maximum absolute atomic E-state index is 11.9. The molecule has 0 saturated carbocycles. The van der Waals surface area contributed by atoms with E-state index < -0.39 is 0 Å². The van der Waals surface area contributed by atoms with Crippen LogP contribution in [0.1, 0.15) is 16.7 Å². The molecule has 0 saturated heterocycles. The van der Waals surface area contributed by atoms with E-state index in [1.54, 1.807) is 12.1 Å². The van der Waals surface area contributed by atoms with E-state index in [-0.39, 0.29) is 5.91 Å². The van der Waals surface area contributed by atoms with E-state index in [2.05, 4.69) is 5.32 Å². The summed E-state index contributed by atoms with van der Waals surface area (Å²) < 4.78 is 0. The average Bonchev–Trinajstić information content (AvgIpc) is 2.43. The molecule has 2 nitrogen and oxygen atoms in total. The molecular weight excluding hydrogens is 270 g/mol. The Balaban J connectivity index is 2.10. The molecule has 0 fully saturated rings. The molecule has 0 aliphatic heterocycles. The standard InChI is InChI=1S/C17H16ClNO/c1-12-6-5-9-16(13(12)2)19-17(20)11-10-14-7-3-4-8-15(14)18/h3-11H,1-2H3,(H,19,20). The molecule has 0 spiro atoms. The zero-order valence-corrected chi connectivity index (χ0v) is 12.2. The Bertz CT molecular complexity index is 662. The molecule has 0 aliphatic rings. The summed E-state index contributed by atoms with van der Waals surface area (Å²) >= 11 is 6.03. The number of aryl methyl sites for hydroxylation is 1. The Morgan fingerprint density at radius 1 is 1.10 bits per heavy atom. The molecule has 2 aromatic rings. The number of amides is 1. The number of benzene rings is 2. The smallest absolute Gasteiger partial charge is 0.248 e. The van der Waals surface area contributed by atoms with Gasteiger partial charge in [0.2, 0.25) is 5.91 Å². The van der Waals surface area contributed by atoms with Crippen LogP contribution in [0.3, 0.4) is 0 Å². The summed E-state index contributed by atoms with van der Waals surface area (Å²) in [5, 5.41) is 3.50. The van der Waals surface area contributed by atoms with Crippen LogP contribution in [0.4, 0.5) is 5.69 Å². The summed E-state index contributed by atoms with van der Waals surface area (Å²) in [6.07, 6.45) is 3.20. The Kier molecular flexibility index (Phi) is 4.59. The van der Waals surface area contributed by atoms with Crippen LogP contribution < -0.4 is 5.32 Å². The molecule has 0 bridgehead atoms. The highest BCUT2D eigenvalue weighted by molar-refractivity contribution is 6.32. The lowest BCUT2D eigenvalue weighted by atomic mass is 10.1. The highest BCUT2D eigenvalue weighted by Crippen LogP contribution is 2.19. The van der Waals surface area contributed by atoms with Crippen molar-refractivity contribution in [2.75, 3.05) is 5.32 Å². The van der Waals surface area contributed by atoms with E-state index in [1.165, 1.54) is 6.08 Å². The number of hydrogen-bond acceptors (Lipinski definition) is 1. The molecule has 0 aromatic heterocycles. The third kappa shape index (κ3) is 3.49.